The van der Waals surface area contributed by atoms with Gasteiger partial charge in [-0.15, -0.1) is 0 Å². The lowest BCUT2D eigenvalue weighted by atomic mass is 9.96. The molecule has 36 heavy (non-hydrogen) atoms. The Labute approximate surface area is 211 Å². The van der Waals surface area contributed by atoms with Crippen LogP contribution in [-0.2, 0) is 31.4 Å². The highest BCUT2D eigenvalue weighted by Gasteiger charge is 2.52. The highest BCUT2D eigenvalue weighted by molar-refractivity contribution is 7.92. The van der Waals surface area contributed by atoms with Gasteiger partial charge in [-0.05, 0) is 86.7 Å². The van der Waals surface area contributed by atoms with Crippen LogP contribution in [-0.4, -0.2) is 32.9 Å². The average molecular weight is 505 g/mol. The molecular weight excluding hydrogens is 476 g/mol. The number of hydrogen-bond donors (Lipinski definition) is 1. The summed E-state index contributed by atoms with van der Waals surface area (Å²) >= 11 is 0. The molecule has 5 rings (SSSR count). The zero-order valence-corrected chi connectivity index (χ0v) is 21.0. The molecule has 1 N–H and O–H groups in total. The molecule has 1 fully saturated rings. The van der Waals surface area contributed by atoms with E-state index in [1.54, 1.807) is 67.6 Å². The number of rotatable bonds is 7. The molecule has 1 heterocycles. The van der Waals surface area contributed by atoms with Crippen molar-refractivity contribution in [2.75, 3.05) is 16.2 Å². The Morgan fingerprint density at radius 3 is 2.36 bits per heavy atom. The first-order chi connectivity index (χ1) is 17.3. The number of carbonyl (C=O) groups is 2. The number of fused-ring (bicyclic) bond motifs is 1. The van der Waals surface area contributed by atoms with Crippen molar-refractivity contribution in [1.82, 2.24) is 0 Å². The van der Waals surface area contributed by atoms with Gasteiger partial charge in [0, 0.05) is 17.3 Å². The molecule has 8 heteroatoms. The third-order valence-electron chi connectivity index (χ3n) is 6.91. The molecular formula is C28H28N2O5S. The summed E-state index contributed by atoms with van der Waals surface area (Å²) in [4.78, 5) is 25.5. The summed E-state index contributed by atoms with van der Waals surface area (Å²) in [7, 11) is -3.70. The fourth-order valence-electron chi connectivity index (χ4n) is 4.90. The third-order valence-corrected chi connectivity index (χ3v) is 8.85. The van der Waals surface area contributed by atoms with E-state index in [0.717, 1.165) is 24.0 Å². The van der Waals surface area contributed by atoms with Crippen molar-refractivity contribution in [2.45, 2.75) is 49.5 Å². The minimum atomic E-state index is -3.70. The summed E-state index contributed by atoms with van der Waals surface area (Å²) in [5.74, 6) is -0.480. The second-order valence-electron chi connectivity index (χ2n) is 9.34. The molecule has 1 aliphatic heterocycles. The lowest BCUT2D eigenvalue weighted by Gasteiger charge is -2.24. The number of nitrogens with zero attached hydrogens (tertiary/aromatic N) is 1. The molecule has 0 spiro atoms. The Hall–Kier alpha value is -3.65. The predicted molar refractivity (Wildman–Crippen MR) is 138 cm³/mol. The number of nitrogens with one attached hydrogen (secondary N) is 1. The zero-order valence-electron chi connectivity index (χ0n) is 20.2. The summed E-state index contributed by atoms with van der Waals surface area (Å²) in [6.07, 6.45) is 2.05. The minimum absolute atomic E-state index is 0.197. The molecule has 7 nitrogen and oxygen atoms in total. The first kappa shape index (κ1) is 24.1. The molecule has 3 aromatic rings. The molecule has 1 saturated carbocycles. The van der Waals surface area contributed by atoms with Gasteiger partial charge in [-0.1, -0.05) is 30.3 Å². The Morgan fingerprint density at radius 2 is 1.72 bits per heavy atom. The summed E-state index contributed by atoms with van der Waals surface area (Å²) in [5.41, 5.74) is 2.82. The topological polar surface area (TPSA) is 92.8 Å². The van der Waals surface area contributed by atoms with E-state index in [0.29, 0.717) is 30.0 Å². The lowest BCUT2D eigenvalue weighted by molar-refractivity contribution is -0.146. The Kier molecular flexibility index (Phi) is 6.08. The van der Waals surface area contributed by atoms with Crippen molar-refractivity contribution in [3.63, 3.8) is 0 Å². The molecule has 0 radical (unpaired) electrons. The largest absolute Gasteiger partial charge is 0.465 e. The van der Waals surface area contributed by atoms with Crippen LogP contribution in [0.1, 0.15) is 48.2 Å². The second kappa shape index (κ2) is 9.09. The smallest absolute Gasteiger partial charge is 0.316 e. The Bertz CT molecular complexity index is 1410. The molecule has 186 valence electrons. The van der Waals surface area contributed by atoms with Crippen molar-refractivity contribution >= 4 is 33.3 Å². The van der Waals surface area contributed by atoms with E-state index < -0.39 is 15.4 Å². The number of esters is 1. The predicted octanol–water partition coefficient (Wildman–Crippen LogP) is 4.67. The summed E-state index contributed by atoms with van der Waals surface area (Å²) in [6.45, 7) is 4.01. The number of hydrogen-bond acceptors (Lipinski definition) is 5. The molecule has 0 unspecified atom stereocenters. The standard InChI is InChI=1S/C28H28N2O5S/c1-3-35-27(32)28(15-16-28)22-10-12-23(13-11-22)29-26(31)20-9-14-25-21(18-20)17-19(2)30(25)36(33,34)24-7-5-4-6-8-24/h4-14,18-19H,3,15-17H2,1-2H3,(H,29,31)/t19-/m0/s1. The van der Waals surface area contributed by atoms with Crippen LogP contribution in [0.25, 0.3) is 0 Å². The summed E-state index contributed by atoms with van der Waals surface area (Å²) in [5, 5.41) is 2.89. The first-order valence-corrected chi connectivity index (χ1v) is 13.5. The van der Waals surface area contributed by atoms with E-state index in [4.69, 9.17) is 4.74 Å². The van der Waals surface area contributed by atoms with Crippen LogP contribution >= 0.6 is 0 Å². The molecule has 1 aliphatic carbocycles. The number of anilines is 2. The Morgan fingerprint density at radius 1 is 1.03 bits per heavy atom. The van der Waals surface area contributed by atoms with E-state index in [1.165, 1.54) is 4.31 Å². The van der Waals surface area contributed by atoms with E-state index in [9.17, 15) is 18.0 Å². The van der Waals surface area contributed by atoms with Gasteiger partial charge < -0.3 is 10.1 Å². The van der Waals surface area contributed by atoms with Crippen LogP contribution in [0.3, 0.4) is 0 Å². The van der Waals surface area contributed by atoms with Gasteiger partial charge in [0.05, 0.1) is 22.6 Å². The number of ether oxygens (including phenoxy) is 1. The van der Waals surface area contributed by atoms with Crippen LogP contribution in [0.4, 0.5) is 11.4 Å². The van der Waals surface area contributed by atoms with Crippen molar-refractivity contribution < 1.29 is 22.7 Å². The number of carbonyl (C=O) groups excluding carboxylic acids is 2. The maximum atomic E-state index is 13.3. The quantitative estimate of drug-likeness (QED) is 0.472. The molecule has 2 aliphatic rings. The van der Waals surface area contributed by atoms with Crippen molar-refractivity contribution in [3.05, 3.63) is 89.5 Å². The normalized spacial score (nSPS) is 17.8. The SMILES string of the molecule is CCOC(=O)C1(c2ccc(NC(=O)c3ccc4c(c3)C[C@H](C)N4S(=O)(=O)c3ccccc3)cc2)CC1. The van der Waals surface area contributed by atoms with Gasteiger partial charge in [-0.3, -0.25) is 13.9 Å². The van der Waals surface area contributed by atoms with Crippen LogP contribution in [0, 0.1) is 0 Å². The maximum Gasteiger partial charge on any atom is 0.316 e. The molecule has 1 atom stereocenters. The van der Waals surface area contributed by atoms with Crippen molar-refractivity contribution in [2.24, 2.45) is 0 Å². The molecule has 0 bridgehead atoms. The van der Waals surface area contributed by atoms with Gasteiger partial charge in [-0.25, -0.2) is 8.42 Å². The fourth-order valence-corrected chi connectivity index (χ4v) is 6.61. The molecule has 3 aromatic carbocycles. The monoisotopic (exact) mass is 504 g/mol. The van der Waals surface area contributed by atoms with E-state index in [1.807, 2.05) is 19.1 Å². The van der Waals surface area contributed by atoms with E-state index in [2.05, 4.69) is 5.32 Å². The van der Waals surface area contributed by atoms with Gasteiger partial charge in [-0.2, -0.15) is 0 Å². The Balaban J connectivity index is 1.33. The van der Waals surface area contributed by atoms with Crippen molar-refractivity contribution in [1.29, 1.82) is 0 Å². The van der Waals surface area contributed by atoms with Gasteiger partial charge in [0.1, 0.15) is 0 Å². The minimum Gasteiger partial charge on any atom is -0.465 e. The maximum absolute atomic E-state index is 13.3. The lowest BCUT2D eigenvalue weighted by Crippen LogP contribution is -2.35. The highest BCUT2D eigenvalue weighted by Crippen LogP contribution is 2.49. The summed E-state index contributed by atoms with van der Waals surface area (Å²) in [6, 6.07) is 20.5. The van der Waals surface area contributed by atoms with E-state index in [-0.39, 0.29) is 22.8 Å². The number of sulfonamides is 1. The molecule has 0 aromatic heterocycles. The van der Waals surface area contributed by atoms with Crippen LogP contribution in [0.15, 0.2) is 77.7 Å². The van der Waals surface area contributed by atoms with Gasteiger partial charge >= 0.3 is 5.97 Å². The third kappa shape index (κ3) is 4.15. The number of benzene rings is 3. The van der Waals surface area contributed by atoms with E-state index >= 15 is 0 Å². The summed E-state index contributed by atoms with van der Waals surface area (Å²) < 4.78 is 33.2. The van der Waals surface area contributed by atoms with Gasteiger partial charge in [0.2, 0.25) is 0 Å². The number of amides is 1. The molecule has 1 amide bonds. The van der Waals surface area contributed by atoms with Crippen LogP contribution in [0.5, 0.6) is 0 Å². The average Bonchev–Trinajstić information content (AvgIpc) is 3.61. The second-order valence-corrected chi connectivity index (χ2v) is 11.2. The first-order valence-electron chi connectivity index (χ1n) is 12.1. The van der Waals surface area contributed by atoms with Crippen LogP contribution in [0.2, 0.25) is 0 Å². The van der Waals surface area contributed by atoms with Crippen molar-refractivity contribution in [3.8, 4) is 0 Å². The zero-order chi connectivity index (χ0) is 25.5. The van der Waals surface area contributed by atoms with Gasteiger partial charge in [0.25, 0.3) is 15.9 Å². The molecule has 0 saturated heterocycles. The highest BCUT2D eigenvalue weighted by atomic mass is 32.2. The van der Waals surface area contributed by atoms with Gasteiger partial charge in [0.15, 0.2) is 0 Å². The fraction of sp³-hybridized carbons (Fsp3) is 0.286. The van der Waals surface area contributed by atoms with Crippen LogP contribution < -0.4 is 9.62 Å².